The SMILES string of the molecule is CC=CC(Cl)[N+](C)(C)C. The summed E-state index contributed by atoms with van der Waals surface area (Å²) >= 11 is 5.94. The first-order chi connectivity index (χ1) is 3.98. The van der Waals surface area contributed by atoms with E-state index in [0.29, 0.717) is 0 Å². The quantitative estimate of drug-likeness (QED) is 0.243. The van der Waals surface area contributed by atoms with E-state index in [2.05, 4.69) is 21.1 Å². The van der Waals surface area contributed by atoms with Crippen molar-refractivity contribution >= 4 is 11.6 Å². The molecule has 0 radical (unpaired) electrons. The number of allylic oxidation sites excluding steroid dienone is 1. The Kier molecular flexibility index (Phi) is 3.23. The molecule has 0 bridgehead atoms. The fraction of sp³-hybridized carbons (Fsp3) is 0.714. The van der Waals surface area contributed by atoms with E-state index in [4.69, 9.17) is 11.6 Å². The number of hydrogen-bond donors (Lipinski definition) is 0. The Hall–Kier alpha value is -0.0100. The van der Waals surface area contributed by atoms with Crippen molar-refractivity contribution in [3.8, 4) is 0 Å². The lowest BCUT2D eigenvalue weighted by molar-refractivity contribution is -0.876. The van der Waals surface area contributed by atoms with Gasteiger partial charge in [-0.3, -0.25) is 0 Å². The number of hydrogen-bond acceptors (Lipinski definition) is 0. The molecule has 0 rings (SSSR count). The third-order valence-electron chi connectivity index (χ3n) is 1.09. The van der Waals surface area contributed by atoms with Gasteiger partial charge in [0, 0.05) is 0 Å². The molecule has 9 heavy (non-hydrogen) atoms. The highest BCUT2D eigenvalue weighted by Gasteiger charge is 2.15. The molecule has 2 heteroatoms. The van der Waals surface area contributed by atoms with Gasteiger partial charge in [-0.05, 0) is 13.0 Å². The fourth-order valence-corrected chi connectivity index (χ4v) is 0.562. The third-order valence-corrected chi connectivity index (χ3v) is 1.82. The first-order valence-corrected chi connectivity index (χ1v) is 3.50. The van der Waals surface area contributed by atoms with E-state index in [1.807, 2.05) is 19.1 Å². The minimum atomic E-state index is 0.0926. The Morgan fingerprint density at radius 1 is 1.33 bits per heavy atom. The standard InChI is InChI=1S/C7H15ClN/c1-5-6-7(8)9(2,3)4/h5-7H,1-4H3/q+1. The fourth-order valence-electron chi connectivity index (χ4n) is 0.417. The van der Waals surface area contributed by atoms with E-state index in [1.165, 1.54) is 0 Å². The highest BCUT2D eigenvalue weighted by molar-refractivity contribution is 6.20. The van der Waals surface area contributed by atoms with Crippen LogP contribution >= 0.6 is 11.6 Å². The van der Waals surface area contributed by atoms with E-state index in [-0.39, 0.29) is 5.50 Å². The van der Waals surface area contributed by atoms with Gasteiger partial charge in [0.1, 0.15) is 0 Å². The van der Waals surface area contributed by atoms with E-state index in [9.17, 15) is 0 Å². The summed E-state index contributed by atoms with van der Waals surface area (Å²) in [5, 5.41) is 0. The summed E-state index contributed by atoms with van der Waals surface area (Å²) in [6, 6.07) is 0. The predicted octanol–water partition coefficient (Wildman–Crippen LogP) is 1.83. The van der Waals surface area contributed by atoms with Gasteiger partial charge in [0.15, 0.2) is 5.50 Å². The van der Waals surface area contributed by atoms with Crippen LogP contribution < -0.4 is 0 Å². The molecule has 0 fully saturated rings. The Morgan fingerprint density at radius 3 is 1.89 bits per heavy atom. The van der Waals surface area contributed by atoms with Crippen molar-refractivity contribution in [2.45, 2.75) is 12.4 Å². The number of quaternary nitrogens is 1. The maximum atomic E-state index is 5.94. The summed E-state index contributed by atoms with van der Waals surface area (Å²) in [6.45, 7) is 1.98. The van der Waals surface area contributed by atoms with Crippen molar-refractivity contribution in [3.05, 3.63) is 12.2 Å². The highest BCUT2D eigenvalue weighted by Crippen LogP contribution is 2.08. The van der Waals surface area contributed by atoms with Gasteiger partial charge in [-0.1, -0.05) is 17.7 Å². The zero-order valence-corrected chi connectivity index (χ0v) is 7.31. The van der Waals surface area contributed by atoms with Crippen molar-refractivity contribution in [2.24, 2.45) is 0 Å². The third kappa shape index (κ3) is 3.55. The molecule has 0 amide bonds. The largest absolute Gasteiger partial charge is 0.312 e. The molecule has 1 atom stereocenters. The second-order valence-electron chi connectivity index (χ2n) is 3.01. The molecule has 1 unspecified atom stereocenters. The maximum absolute atomic E-state index is 5.94. The molecule has 54 valence electrons. The van der Waals surface area contributed by atoms with Crippen LogP contribution in [0.2, 0.25) is 0 Å². The smallest absolute Gasteiger partial charge is 0.183 e. The minimum Gasteiger partial charge on any atom is -0.312 e. The molecule has 0 saturated carbocycles. The first kappa shape index (κ1) is 8.99. The van der Waals surface area contributed by atoms with Crippen LogP contribution in [0.15, 0.2) is 12.2 Å². The number of rotatable bonds is 2. The zero-order valence-electron chi connectivity index (χ0n) is 6.56. The zero-order chi connectivity index (χ0) is 7.49. The number of nitrogens with zero attached hydrogens (tertiary/aromatic N) is 1. The second-order valence-corrected chi connectivity index (χ2v) is 3.46. The number of likely N-dealkylation sites (N-methyl/N-ethyl adjacent to an activating group) is 1. The van der Waals surface area contributed by atoms with Gasteiger partial charge < -0.3 is 4.48 Å². The Balaban J connectivity index is 3.88. The van der Waals surface area contributed by atoms with Crippen molar-refractivity contribution in [1.82, 2.24) is 0 Å². The number of halogens is 1. The molecular formula is C7H15ClN+. The molecule has 0 aliphatic rings. The van der Waals surface area contributed by atoms with Crippen molar-refractivity contribution < 1.29 is 4.48 Å². The van der Waals surface area contributed by atoms with E-state index in [0.717, 1.165) is 4.48 Å². The van der Waals surface area contributed by atoms with Crippen LogP contribution in [-0.4, -0.2) is 31.1 Å². The van der Waals surface area contributed by atoms with Crippen LogP contribution in [0.1, 0.15) is 6.92 Å². The first-order valence-electron chi connectivity index (χ1n) is 3.06. The summed E-state index contributed by atoms with van der Waals surface area (Å²) in [6.07, 6.45) is 3.96. The maximum Gasteiger partial charge on any atom is 0.183 e. The molecule has 1 nitrogen and oxygen atoms in total. The molecule has 0 N–H and O–H groups in total. The summed E-state index contributed by atoms with van der Waals surface area (Å²) in [5.74, 6) is 0. The van der Waals surface area contributed by atoms with Crippen molar-refractivity contribution in [2.75, 3.05) is 21.1 Å². The van der Waals surface area contributed by atoms with Gasteiger partial charge in [0.05, 0.1) is 21.1 Å². The summed E-state index contributed by atoms with van der Waals surface area (Å²) in [5.41, 5.74) is 0.0926. The average Bonchev–Trinajstić information content (AvgIpc) is 1.64. The van der Waals surface area contributed by atoms with Gasteiger partial charge in [0.25, 0.3) is 0 Å². The molecule has 0 aromatic rings. The van der Waals surface area contributed by atoms with Crippen LogP contribution in [0.25, 0.3) is 0 Å². The average molecular weight is 149 g/mol. The molecule has 0 saturated heterocycles. The molecule has 0 aliphatic heterocycles. The van der Waals surface area contributed by atoms with Crippen LogP contribution in [0, 0.1) is 0 Å². The van der Waals surface area contributed by atoms with E-state index in [1.54, 1.807) is 0 Å². The normalized spacial score (nSPS) is 16.6. The van der Waals surface area contributed by atoms with Crippen LogP contribution in [-0.2, 0) is 0 Å². The lowest BCUT2D eigenvalue weighted by Crippen LogP contribution is -2.40. The molecular weight excluding hydrogens is 134 g/mol. The van der Waals surface area contributed by atoms with Crippen LogP contribution in [0.5, 0.6) is 0 Å². The Morgan fingerprint density at radius 2 is 1.78 bits per heavy atom. The summed E-state index contributed by atoms with van der Waals surface area (Å²) in [4.78, 5) is 0. The monoisotopic (exact) mass is 148 g/mol. The Labute approximate surface area is 62.5 Å². The van der Waals surface area contributed by atoms with E-state index < -0.39 is 0 Å². The predicted molar refractivity (Wildman–Crippen MR) is 42.5 cm³/mol. The summed E-state index contributed by atoms with van der Waals surface area (Å²) in [7, 11) is 6.20. The lowest BCUT2D eigenvalue weighted by Gasteiger charge is -2.27. The second kappa shape index (κ2) is 3.23. The van der Waals surface area contributed by atoms with Crippen LogP contribution in [0.3, 0.4) is 0 Å². The van der Waals surface area contributed by atoms with Gasteiger partial charge >= 0.3 is 0 Å². The number of alkyl halides is 1. The van der Waals surface area contributed by atoms with Gasteiger partial charge in [-0.15, -0.1) is 0 Å². The van der Waals surface area contributed by atoms with Gasteiger partial charge in [-0.2, -0.15) is 0 Å². The van der Waals surface area contributed by atoms with Gasteiger partial charge in [-0.25, -0.2) is 0 Å². The Bertz CT molecular complexity index is 102. The van der Waals surface area contributed by atoms with Gasteiger partial charge in [0.2, 0.25) is 0 Å². The topological polar surface area (TPSA) is 0 Å². The minimum absolute atomic E-state index is 0.0926. The lowest BCUT2D eigenvalue weighted by atomic mass is 10.4. The molecule has 0 aliphatic carbocycles. The molecule has 0 aromatic carbocycles. The van der Waals surface area contributed by atoms with Crippen LogP contribution in [0.4, 0.5) is 0 Å². The van der Waals surface area contributed by atoms with Crippen molar-refractivity contribution in [1.29, 1.82) is 0 Å². The summed E-state index contributed by atoms with van der Waals surface area (Å²) < 4.78 is 0.770. The van der Waals surface area contributed by atoms with Crippen molar-refractivity contribution in [3.63, 3.8) is 0 Å². The van der Waals surface area contributed by atoms with E-state index >= 15 is 0 Å². The highest BCUT2D eigenvalue weighted by atomic mass is 35.5. The molecule has 0 spiro atoms. The molecule has 0 heterocycles. The molecule has 0 aromatic heterocycles.